The lowest BCUT2D eigenvalue weighted by atomic mass is 10.2. The standard InChI is InChI=1S/C13H10F3N5S2/c14-13(15,16)11-19-20-12(21(11)17)23-7-9-6-22-10(18-9)8-4-2-1-3-5-8/h1-6H,7,17H2. The van der Waals surface area contributed by atoms with Gasteiger partial charge in [-0.05, 0) is 0 Å². The maximum Gasteiger partial charge on any atom is 0.453 e. The Morgan fingerprint density at radius 1 is 1.17 bits per heavy atom. The zero-order chi connectivity index (χ0) is 16.4. The fourth-order valence-corrected chi connectivity index (χ4v) is 3.47. The van der Waals surface area contributed by atoms with Crippen molar-refractivity contribution >= 4 is 23.1 Å². The number of thiazole rings is 1. The molecule has 0 amide bonds. The Morgan fingerprint density at radius 2 is 1.91 bits per heavy atom. The van der Waals surface area contributed by atoms with Crippen molar-refractivity contribution in [1.82, 2.24) is 19.9 Å². The number of hydrogen-bond acceptors (Lipinski definition) is 6. The Labute approximate surface area is 137 Å². The molecule has 0 saturated heterocycles. The molecule has 3 rings (SSSR count). The first-order valence-corrected chi connectivity index (χ1v) is 8.22. The highest BCUT2D eigenvalue weighted by Crippen LogP contribution is 2.30. The summed E-state index contributed by atoms with van der Waals surface area (Å²) in [5.41, 5.74) is 1.74. The molecule has 0 spiro atoms. The van der Waals surface area contributed by atoms with Gasteiger partial charge >= 0.3 is 6.18 Å². The van der Waals surface area contributed by atoms with Crippen LogP contribution in [0.1, 0.15) is 11.5 Å². The molecule has 2 aromatic heterocycles. The van der Waals surface area contributed by atoms with Gasteiger partial charge in [0.15, 0.2) is 0 Å². The summed E-state index contributed by atoms with van der Waals surface area (Å²) in [5, 5.41) is 9.25. The van der Waals surface area contributed by atoms with E-state index in [0.29, 0.717) is 10.4 Å². The van der Waals surface area contributed by atoms with Crippen LogP contribution >= 0.6 is 23.1 Å². The summed E-state index contributed by atoms with van der Waals surface area (Å²) in [4.78, 5) is 4.46. The number of aromatic nitrogens is 4. The van der Waals surface area contributed by atoms with Crippen molar-refractivity contribution in [2.75, 3.05) is 5.84 Å². The number of thioether (sulfide) groups is 1. The molecule has 0 atom stereocenters. The van der Waals surface area contributed by atoms with Gasteiger partial charge in [0.05, 0.1) is 5.69 Å². The van der Waals surface area contributed by atoms with E-state index in [9.17, 15) is 13.2 Å². The second kappa shape index (κ2) is 6.20. The first kappa shape index (κ1) is 15.8. The highest BCUT2D eigenvalue weighted by atomic mass is 32.2. The third kappa shape index (κ3) is 3.48. The second-order valence-corrected chi connectivity index (χ2v) is 6.27. The van der Waals surface area contributed by atoms with Gasteiger partial charge in [-0.3, -0.25) is 0 Å². The number of rotatable bonds is 4. The molecule has 0 bridgehead atoms. The summed E-state index contributed by atoms with van der Waals surface area (Å²) < 4.78 is 38.2. The van der Waals surface area contributed by atoms with Gasteiger partial charge in [-0.15, -0.1) is 21.5 Å². The average molecular weight is 357 g/mol. The first-order chi connectivity index (χ1) is 10.9. The lowest BCUT2D eigenvalue weighted by Gasteiger charge is -2.05. The van der Waals surface area contributed by atoms with Crippen molar-refractivity contribution in [2.45, 2.75) is 17.1 Å². The molecule has 5 nitrogen and oxygen atoms in total. The molecule has 0 fully saturated rings. The van der Waals surface area contributed by atoms with E-state index in [2.05, 4.69) is 15.2 Å². The van der Waals surface area contributed by atoms with Crippen molar-refractivity contribution < 1.29 is 13.2 Å². The van der Waals surface area contributed by atoms with Gasteiger partial charge in [-0.2, -0.15) is 13.2 Å². The first-order valence-electron chi connectivity index (χ1n) is 6.35. The van der Waals surface area contributed by atoms with Gasteiger partial charge < -0.3 is 5.84 Å². The predicted octanol–water partition coefficient (Wildman–Crippen LogP) is 3.43. The molecule has 0 radical (unpaired) electrons. The van der Waals surface area contributed by atoms with Gasteiger partial charge in [0, 0.05) is 16.7 Å². The van der Waals surface area contributed by atoms with E-state index >= 15 is 0 Å². The summed E-state index contributed by atoms with van der Waals surface area (Å²) in [6, 6.07) is 9.64. The Hall–Kier alpha value is -2.07. The quantitative estimate of drug-likeness (QED) is 0.572. The number of halogens is 3. The van der Waals surface area contributed by atoms with Crippen molar-refractivity contribution in [3.8, 4) is 10.6 Å². The highest BCUT2D eigenvalue weighted by Gasteiger charge is 2.38. The smallest absolute Gasteiger partial charge is 0.335 e. The number of nitrogens with zero attached hydrogens (tertiary/aromatic N) is 4. The summed E-state index contributed by atoms with van der Waals surface area (Å²) in [7, 11) is 0. The van der Waals surface area contributed by atoms with E-state index in [1.807, 2.05) is 35.7 Å². The minimum Gasteiger partial charge on any atom is -0.335 e. The number of benzene rings is 1. The third-order valence-electron chi connectivity index (χ3n) is 2.84. The molecule has 0 unspecified atom stereocenters. The number of nitrogen functional groups attached to an aromatic ring is 1. The summed E-state index contributed by atoms with van der Waals surface area (Å²) in [6.07, 6.45) is -4.62. The Kier molecular flexibility index (Phi) is 4.26. The van der Waals surface area contributed by atoms with E-state index in [-0.39, 0.29) is 5.16 Å². The SMILES string of the molecule is Nn1c(SCc2csc(-c3ccccc3)n2)nnc1C(F)(F)F. The number of hydrogen-bond donors (Lipinski definition) is 1. The molecule has 2 N–H and O–H groups in total. The lowest BCUT2D eigenvalue weighted by molar-refractivity contribution is -0.146. The largest absolute Gasteiger partial charge is 0.453 e. The van der Waals surface area contributed by atoms with Crippen LogP contribution in [0.5, 0.6) is 0 Å². The molecule has 2 heterocycles. The van der Waals surface area contributed by atoms with Crippen LogP contribution in [0.3, 0.4) is 0 Å². The fraction of sp³-hybridized carbons (Fsp3) is 0.154. The molecule has 0 aliphatic carbocycles. The topological polar surface area (TPSA) is 69.6 Å². The van der Waals surface area contributed by atoms with E-state index in [1.165, 1.54) is 11.3 Å². The minimum absolute atomic E-state index is 0.00779. The molecule has 3 aromatic rings. The number of nitrogens with two attached hydrogens (primary N) is 1. The Bertz CT molecular complexity index is 798. The van der Waals surface area contributed by atoms with Crippen molar-refractivity contribution in [3.05, 3.63) is 47.2 Å². The zero-order valence-electron chi connectivity index (χ0n) is 11.5. The Balaban J connectivity index is 1.70. The summed E-state index contributed by atoms with van der Waals surface area (Å²) in [5.74, 6) is 4.52. The predicted molar refractivity (Wildman–Crippen MR) is 82.3 cm³/mol. The fourth-order valence-electron chi connectivity index (χ4n) is 1.79. The number of alkyl halides is 3. The van der Waals surface area contributed by atoms with Gasteiger partial charge in [0.25, 0.3) is 5.82 Å². The molecule has 23 heavy (non-hydrogen) atoms. The molecule has 10 heteroatoms. The monoisotopic (exact) mass is 357 g/mol. The van der Waals surface area contributed by atoms with Crippen LogP contribution in [0.2, 0.25) is 0 Å². The van der Waals surface area contributed by atoms with E-state index in [0.717, 1.165) is 28.0 Å². The molecular formula is C13H10F3N5S2. The van der Waals surface area contributed by atoms with Crippen LogP contribution in [-0.2, 0) is 11.9 Å². The lowest BCUT2D eigenvalue weighted by Crippen LogP contribution is -2.21. The van der Waals surface area contributed by atoms with Crippen LogP contribution in [0.25, 0.3) is 10.6 Å². The van der Waals surface area contributed by atoms with Crippen LogP contribution in [0.4, 0.5) is 13.2 Å². The maximum atomic E-state index is 12.6. The summed E-state index contributed by atoms with van der Waals surface area (Å²) >= 11 is 2.53. The van der Waals surface area contributed by atoms with Gasteiger partial charge in [0.1, 0.15) is 5.01 Å². The summed E-state index contributed by atoms with van der Waals surface area (Å²) in [6.45, 7) is 0. The molecule has 0 aliphatic rings. The molecule has 120 valence electrons. The van der Waals surface area contributed by atoms with Crippen molar-refractivity contribution in [2.24, 2.45) is 0 Å². The van der Waals surface area contributed by atoms with Crippen molar-refractivity contribution in [3.63, 3.8) is 0 Å². The van der Waals surface area contributed by atoms with E-state index in [1.54, 1.807) is 0 Å². The minimum atomic E-state index is -4.62. The van der Waals surface area contributed by atoms with Crippen LogP contribution in [0.15, 0.2) is 40.9 Å². The maximum absolute atomic E-state index is 12.6. The normalized spacial score (nSPS) is 11.8. The van der Waals surface area contributed by atoms with Crippen LogP contribution < -0.4 is 5.84 Å². The second-order valence-electron chi connectivity index (χ2n) is 4.47. The molecular weight excluding hydrogens is 347 g/mol. The van der Waals surface area contributed by atoms with E-state index in [4.69, 9.17) is 5.84 Å². The highest BCUT2D eigenvalue weighted by molar-refractivity contribution is 7.98. The van der Waals surface area contributed by atoms with Gasteiger partial charge in [0.2, 0.25) is 5.16 Å². The van der Waals surface area contributed by atoms with Gasteiger partial charge in [-0.25, -0.2) is 9.66 Å². The van der Waals surface area contributed by atoms with Crippen molar-refractivity contribution in [1.29, 1.82) is 0 Å². The zero-order valence-corrected chi connectivity index (χ0v) is 13.1. The van der Waals surface area contributed by atoms with Crippen LogP contribution in [0, 0.1) is 0 Å². The average Bonchev–Trinajstić information content (AvgIpc) is 3.12. The van der Waals surface area contributed by atoms with Crippen LogP contribution in [-0.4, -0.2) is 19.9 Å². The third-order valence-corrected chi connectivity index (χ3v) is 4.76. The van der Waals surface area contributed by atoms with Gasteiger partial charge in [-0.1, -0.05) is 42.1 Å². The molecule has 0 saturated carbocycles. The van der Waals surface area contributed by atoms with E-state index < -0.39 is 12.0 Å². The molecule has 0 aliphatic heterocycles. The molecule has 1 aromatic carbocycles. The Morgan fingerprint density at radius 3 is 2.57 bits per heavy atom.